The van der Waals surface area contributed by atoms with E-state index in [2.05, 4.69) is 10.6 Å². The number of nitrogens with zero attached hydrogens (tertiary/aromatic N) is 1. The van der Waals surface area contributed by atoms with Crippen LogP contribution in [0.5, 0.6) is 5.75 Å². The molecule has 1 aromatic carbocycles. The van der Waals surface area contributed by atoms with E-state index in [4.69, 9.17) is 4.74 Å². The second-order valence-corrected chi connectivity index (χ2v) is 4.66. The van der Waals surface area contributed by atoms with Crippen molar-refractivity contribution < 1.29 is 9.53 Å². The number of hydrogen-bond acceptors (Lipinski definition) is 4. The fourth-order valence-electron chi connectivity index (χ4n) is 2.04. The molecule has 0 radical (unpaired) electrons. The van der Waals surface area contributed by atoms with Crippen molar-refractivity contribution in [3.63, 3.8) is 0 Å². The van der Waals surface area contributed by atoms with E-state index < -0.39 is 0 Å². The summed E-state index contributed by atoms with van der Waals surface area (Å²) in [5.74, 6) is 0.751. The van der Waals surface area contributed by atoms with Gasteiger partial charge in [0.05, 0.1) is 5.69 Å². The Morgan fingerprint density at radius 3 is 2.89 bits per heavy atom. The van der Waals surface area contributed by atoms with Gasteiger partial charge in [-0.2, -0.15) is 0 Å². The quantitative estimate of drug-likeness (QED) is 0.763. The molecule has 5 heteroatoms. The van der Waals surface area contributed by atoms with Gasteiger partial charge >= 0.3 is 0 Å². The number of carbonyl (C=O) groups is 1. The van der Waals surface area contributed by atoms with E-state index in [0.717, 1.165) is 43.1 Å². The summed E-state index contributed by atoms with van der Waals surface area (Å²) in [4.78, 5) is 13.2. The average molecular weight is 263 g/mol. The summed E-state index contributed by atoms with van der Waals surface area (Å²) < 4.78 is 5.39. The molecule has 0 saturated carbocycles. The van der Waals surface area contributed by atoms with Crippen molar-refractivity contribution in [1.82, 2.24) is 5.32 Å². The van der Waals surface area contributed by atoms with Gasteiger partial charge in [-0.1, -0.05) is 0 Å². The Morgan fingerprint density at radius 1 is 1.32 bits per heavy atom. The standard InChI is InChI=1S/C14H21N3O2/c1-15-7-3-4-8-16-11-5-6-13-12(9-11)17(2)14(18)10-19-13/h5-6,9,15-16H,3-4,7-8,10H2,1-2H3. The third kappa shape index (κ3) is 3.38. The van der Waals surface area contributed by atoms with E-state index in [1.165, 1.54) is 0 Å². The zero-order chi connectivity index (χ0) is 13.7. The lowest BCUT2D eigenvalue weighted by molar-refractivity contribution is -0.120. The highest BCUT2D eigenvalue weighted by Gasteiger charge is 2.22. The first-order valence-corrected chi connectivity index (χ1v) is 6.64. The molecule has 0 bridgehead atoms. The summed E-state index contributed by atoms with van der Waals surface area (Å²) in [5, 5.41) is 6.50. The molecule has 104 valence electrons. The van der Waals surface area contributed by atoms with Gasteiger partial charge in [0.15, 0.2) is 6.61 Å². The van der Waals surface area contributed by atoms with Crippen LogP contribution in [0.15, 0.2) is 18.2 Å². The Morgan fingerprint density at radius 2 is 2.11 bits per heavy atom. The number of unbranched alkanes of at least 4 members (excludes halogenated alkanes) is 1. The van der Waals surface area contributed by atoms with Crippen LogP contribution in [0, 0.1) is 0 Å². The number of amides is 1. The fourth-order valence-corrected chi connectivity index (χ4v) is 2.04. The second-order valence-electron chi connectivity index (χ2n) is 4.66. The number of fused-ring (bicyclic) bond motifs is 1. The molecule has 1 heterocycles. The molecule has 1 amide bonds. The molecule has 1 aromatic rings. The number of anilines is 2. The van der Waals surface area contributed by atoms with Crippen LogP contribution in [0.3, 0.4) is 0 Å². The number of carbonyl (C=O) groups excluding carboxylic acids is 1. The Labute approximate surface area is 113 Å². The molecule has 0 aromatic heterocycles. The van der Waals surface area contributed by atoms with Gasteiger partial charge in [-0.3, -0.25) is 4.79 Å². The Balaban J connectivity index is 1.94. The van der Waals surface area contributed by atoms with Gasteiger partial charge in [-0.25, -0.2) is 0 Å². The highest BCUT2D eigenvalue weighted by molar-refractivity contribution is 5.97. The summed E-state index contributed by atoms with van der Waals surface area (Å²) in [6.07, 6.45) is 2.26. The highest BCUT2D eigenvalue weighted by Crippen LogP contribution is 2.33. The van der Waals surface area contributed by atoms with Crippen LogP contribution < -0.4 is 20.3 Å². The van der Waals surface area contributed by atoms with E-state index in [-0.39, 0.29) is 12.5 Å². The van der Waals surface area contributed by atoms with Crippen molar-refractivity contribution in [2.45, 2.75) is 12.8 Å². The Hall–Kier alpha value is -1.75. The van der Waals surface area contributed by atoms with Crippen molar-refractivity contribution in [3.8, 4) is 5.75 Å². The monoisotopic (exact) mass is 263 g/mol. The summed E-state index contributed by atoms with van der Waals surface area (Å²) in [7, 11) is 3.74. The summed E-state index contributed by atoms with van der Waals surface area (Å²) in [6.45, 7) is 2.09. The molecule has 5 nitrogen and oxygen atoms in total. The molecular formula is C14H21N3O2. The van der Waals surface area contributed by atoms with Crippen molar-refractivity contribution in [2.75, 3.05) is 44.0 Å². The average Bonchev–Trinajstić information content (AvgIpc) is 2.43. The van der Waals surface area contributed by atoms with Crippen LogP contribution in [-0.4, -0.2) is 39.7 Å². The summed E-state index contributed by atoms with van der Waals surface area (Å²) in [5.41, 5.74) is 1.85. The van der Waals surface area contributed by atoms with Gasteiger partial charge in [0, 0.05) is 19.3 Å². The molecule has 0 saturated heterocycles. The molecule has 2 N–H and O–H groups in total. The van der Waals surface area contributed by atoms with E-state index in [1.807, 2.05) is 25.2 Å². The molecule has 0 aliphatic carbocycles. The maximum atomic E-state index is 11.6. The zero-order valence-electron chi connectivity index (χ0n) is 11.5. The molecular weight excluding hydrogens is 242 g/mol. The SMILES string of the molecule is CNCCCCNc1ccc2c(c1)N(C)C(=O)CO2. The van der Waals surface area contributed by atoms with Gasteiger partial charge < -0.3 is 20.3 Å². The first-order chi connectivity index (χ1) is 9.22. The van der Waals surface area contributed by atoms with Crippen LogP contribution in [0.25, 0.3) is 0 Å². The topological polar surface area (TPSA) is 53.6 Å². The number of rotatable bonds is 6. The van der Waals surface area contributed by atoms with Gasteiger partial charge in [0.25, 0.3) is 5.91 Å². The van der Waals surface area contributed by atoms with Gasteiger partial charge in [0.2, 0.25) is 0 Å². The normalized spacial score (nSPS) is 14.0. The third-order valence-corrected chi connectivity index (χ3v) is 3.23. The number of benzene rings is 1. The molecule has 0 spiro atoms. The lowest BCUT2D eigenvalue weighted by atomic mass is 10.2. The maximum absolute atomic E-state index is 11.6. The minimum absolute atomic E-state index is 0.0151. The molecule has 1 aliphatic heterocycles. The number of likely N-dealkylation sites (N-methyl/N-ethyl adjacent to an activating group) is 1. The van der Waals surface area contributed by atoms with E-state index in [0.29, 0.717) is 0 Å². The van der Waals surface area contributed by atoms with Crippen molar-refractivity contribution in [3.05, 3.63) is 18.2 Å². The number of hydrogen-bond donors (Lipinski definition) is 2. The molecule has 19 heavy (non-hydrogen) atoms. The first-order valence-electron chi connectivity index (χ1n) is 6.64. The van der Waals surface area contributed by atoms with Gasteiger partial charge in [-0.15, -0.1) is 0 Å². The molecule has 2 rings (SSSR count). The van der Waals surface area contributed by atoms with Crippen molar-refractivity contribution in [2.24, 2.45) is 0 Å². The Kier molecular flexibility index (Phi) is 4.63. The summed E-state index contributed by atoms with van der Waals surface area (Å²) in [6, 6.07) is 5.86. The number of ether oxygens (including phenoxy) is 1. The molecule has 0 atom stereocenters. The van der Waals surface area contributed by atoms with Crippen LogP contribution in [0.2, 0.25) is 0 Å². The zero-order valence-corrected chi connectivity index (χ0v) is 11.5. The smallest absolute Gasteiger partial charge is 0.264 e. The van der Waals surface area contributed by atoms with Crippen molar-refractivity contribution >= 4 is 17.3 Å². The van der Waals surface area contributed by atoms with E-state index in [1.54, 1.807) is 11.9 Å². The minimum Gasteiger partial charge on any atom is -0.482 e. The predicted octanol–water partition coefficient (Wildman–Crippen LogP) is 1.45. The largest absolute Gasteiger partial charge is 0.482 e. The third-order valence-electron chi connectivity index (χ3n) is 3.23. The van der Waals surface area contributed by atoms with Crippen LogP contribution in [-0.2, 0) is 4.79 Å². The first kappa shape index (κ1) is 13.7. The predicted molar refractivity (Wildman–Crippen MR) is 77.0 cm³/mol. The van der Waals surface area contributed by atoms with Crippen molar-refractivity contribution in [1.29, 1.82) is 0 Å². The molecule has 1 aliphatic rings. The van der Waals surface area contributed by atoms with Crippen LogP contribution in [0.4, 0.5) is 11.4 Å². The summed E-state index contributed by atoms with van der Waals surface area (Å²) >= 11 is 0. The fraction of sp³-hybridized carbons (Fsp3) is 0.500. The van der Waals surface area contributed by atoms with Gasteiger partial charge in [-0.05, 0) is 44.6 Å². The second kappa shape index (κ2) is 6.43. The number of nitrogens with one attached hydrogen (secondary N) is 2. The van der Waals surface area contributed by atoms with E-state index >= 15 is 0 Å². The maximum Gasteiger partial charge on any atom is 0.264 e. The highest BCUT2D eigenvalue weighted by atomic mass is 16.5. The van der Waals surface area contributed by atoms with Crippen LogP contribution >= 0.6 is 0 Å². The minimum atomic E-state index is -0.0151. The Bertz CT molecular complexity index is 448. The molecule has 0 fully saturated rings. The lowest BCUT2D eigenvalue weighted by Crippen LogP contribution is -2.35. The molecule has 0 unspecified atom stereocenters. The van der Waals surface area contributed by atoms with Gasteiger partial charge in [0.1, 0.15) is 5.75 Å². The lowest BCUT2D eigenvalue weighted by Gasteiger charge is -2.26. The van der Waals surface area contributed by atoms with E-state index in [9.17, 15) is 4.79 Å². The van der Waals surface area contributed by atoms with Crippen LogP contribution in [0.1, 0.15) is 12.8 Å².